The Balaban J connectivity index is 1.55. The number of nitrogens with one attached hydrogen (secondary N) is 1. The number of methoxy groups -OCH3 is 3. The average Bonchev–Trinajstić information content (AvgIpc) is 3.27. The SMILES string of the molecule is CCN(CC)C(=O)Cn1c(CCCCCNC(=O)c2cc(OC)c(OC)c(OC)c2)nc2ccccc21. The van der Waals surface area contributed by atoms with E-state index in [0.29, 0.717) is 49.0 Å². The summed E-state index contributed by atoms with van der Waals surface area (Å²) in [7, 11) is 4.57. The third-order valence-electron chi connectivity index (χ3n) is 6.43. The van der Waals surface area contributed by atoms with E-state index in [1.807, 2.05) is 47.6 Å². The summed E-state index contributed by atoms with van der Waals surface area (Å²) in [4.78, 5) is 32.1. The van der Waals surface area contributed by atoms with Crippen LogP contribution < -0.4 is 19.5 Å². The second-order valence-corrected chi connectivity index (χ2v) is 8.65. The number of likely N-dealkylation sites (N-methyl/N-ethyl adjacent to an activating group) is 1. The van der Waals surface area contributed by atoms with Crippen molar-refractivity contribution in [1.29, 1.82) is 0 Å². The zero-order valence-corrected chi connectivity index (χ0v) is 22.5. The van der Waals surface area contributed by atoms with Crippen LogP contribution in [0.25, 0.3) is 11.0 Å². The molecule has 0 atom stereocenters. The van der Waals surface area contributed by atoms with Gasteiger partial charge in [0.05, 0.1) is 32.4 Å². The molecule has 1 aromatic heterocycles. The van der Waals surface area contributed by atoms with Gasteiger partial charge in [-0.05, 0) is 51.0 Å². The van der Waals surface area contributed by atoms with Crippen molar-refractivity contribution in [2.75, 3.05) is 41.0 Å². The number of amides is 2. The van der Waals surface area contributed by atoms with Crippen LogP contribution in [-0.4, -0.2) is 67.2 Å². The molecule has 0 aliphatic heterocycles. The number of imidazole rings is 1. The van der Waals surface area contributed by atoms with E-state index >= 15 is 0 Å². The van der Waals surface area contributed by atoms with Crippen molar-refractivity contribution in [3.8, 4) is 17.2 Å². The van der Waals surface area contributed by atoms with Crippen molar-refractivity contribution in [1.82, 2.24) is 19.8 Å². The number of hydrogen-bond donors (Lipinski definition) is 1. The average molecular weight is 511 g/mol. The smallest absolute Gasteiger partial charge is 0.251 e. The molecule has 0 saturated heterocycles. The third kappa shape index (κ3) is 6.72. The normalized spacial score (nSPS) is 10.8. The van der Waals surface area contributed by atoms with E-state index in [1.54, 1.807) is 12.1 Å². The van der Waals surface area contributed by atoms with Crippen LogP contribution in [0.5, 0.6) is 17.2 Å². The number of carbonyl (C=O) groups is 2. The Morgan fingerprint density at radius 2 is 1.62 bits per heavy atom. The van der Waals surface area contributed by atoms with Crippen LogP contribution in [0.4, 0.5) is 0 Å². The molecule has 0 aliphatic carbocycles. The monoisotopic (exact) mass is 510 g/mol. The number of aromatic nitrogens is 2. The van der Waals surface area contributed by atoms with Crippen LogP contribution in [0.2, 0.25) is 0 Å². The Bertz CT molecular complexity index is 1180. The summed E-state index contributed by atoms with van der Waals surface area (Å²) in [5.41, 5.74) is 2.33. The highest BCUT2D eigenvalue weighted by Gasteiger charge is 2.18. The summed E-state index contributed by atoms with van der Waals surface area (Å²) < 4.78 is 18.0. The minimum absolute atomic E-state index is 0.101. The van der Waals surface area contributed by atoms with Gasteiger partial charge in [-0.25, -0.2) is 4.98 Å². The van der Waals surface area contributed by atoms with Gasteiger partial charge in [-0.2, -0.15) is 0 Å². The number of hydrogen-bond acceptors (Lipinski definition) is 6. The fourth-order valence-electron chi connectivity index (χ4n) is 4.41. The lowest BCUT2D eigenvalue weighted by molar-refractivity contribution is -0.131. The highest BCUT2D eigenvalue weighted by Crippen LogP contribution is 2.38. The standard InChI is InChI=1S/C28H38N4O5/c1-6-31(7-2)26(33)19-32-22-14-11-10-13-21(22)30-25(32)15-9-8-12-16-29-28(34)20-17-23(35-3)27(37-5)24(18-20)36-4/h10-11,13-14,17-18H,6-9,12,15-16,19H2,1-5H3,(H,29,34). The van der Waals surface area contributed by atoms with Gasteiger partial charge in [-0.3, -0.25) is 9.59 Å². The molecular weight excluding hydrogens is 472 g/mol. The van der Waals surface area contributed by atoms with Crippen molar-refractivity contribution < 1.29 is 23.8 Å². The Morgan fingerprint density at radius 3 is 2.24 bits per heavy atom. The lowest BCUT2D eigenvalue weighted by Crippen LogP contribution is -2.33. The summed E-state index contributed by atoms with van der Waals surface area (Å²) in [6.07, 6.45) is 3.42. The first-order valence-corrected chi connectivity index (χ1v) is 12.8. The molecule has 3 aromatic rings. The molecule has 9 nitrogen and oxygen atoms in total. The van der Waals surface area contributed by atoms with E-state index < -0.39 is 0 Å². The van der Waals surface area contributed by atoms with E-state index in [1.165, 1.54) is 21.3 Å². The number of carbonyl (C=O) groups excluding carboxylic acids is 2. The molecule has 1 heterocycles. The molecule has 2 aromatic carbocycles. The maximum absolute atomic E-state index is 12.8. The van der Waals surface area contributed by atoms with Crippen LogP contribution in [0.1, 0.15) is 49.3 Å². The minimum atomic E-state index is -0.198. The summed E-state index contributed by atoms with van der Waals surface area (Å²) in [5, 5.41) is 2.96. The van der Waals surface area contributed by atoms with Gasteiger partial charge in [-0.1, -0.05) is 18.6 Å². The molecule has 1 N–H and O–H groups in total. The predicted molar refractivity (Wildman–Crippen MR) is 144 cm³/mol. The summed E-state index contributed by atoms with van der Waals surface area (Å²) >= 11 is 0. The highest BCUT2D eigenvalue weighted by atomic mass is 16.5. The van der Waals surface area contributed by atoms with Gasteiger partial charge in [0, 0.05) is 31.6 Å². The zero-order chi connectivity index (χ0) is 26.8. The molecule has 200 valence electrons. The second kappa shape index (κ2) is 13.5. The van der Waals surface area contributed by atoms with Gasteiger partial charge in [-0.15, -0.1) is 0 Å². The Hall–Kier alpha value is -3.75. The fraction of sp³-hybridized carbons (Fsp3) is 0.464. The minimum Gasteiger partial charge on any atom is -0.493 e. The van der Waals surface area contributed by atoms with Crippen LogP contribution >= 0.6 is 0 Å². The topological polar surface area (TPSA) is 94.9 Å². The molecule has 2 amide bonds. The van der Waals surface area contributed by atoms with Crippen LogP contribution in [0.3, 0.4) is 0 Å². The number of rotatable bonds is 14. The molecule has 0 radical (unpaired) electrons. The van der Waals surface area contributed by atoms with Gasteiger partial charge in [0.1, 0.15) is 12.4 Å². The van der Waals surface area contributed by atoms with Gasteiger partial charge in [0.2, 0.25) is 11.7 Å². The maximum Gasteiger partial charge on any atom is 0.251 e. The molecule has 0 aliphatic rings. The first-order chi connectivity index (χ1) is 18.0. The van der Waals surface area contributed by atoms with Crippen LogP contribution in [0.15, 0.2) is 36.4 Å². The van der Waals surface area contributed by atoms with Gasteiger partial charge < -0.3 is 29.0 Å². The molecule has 37 heavy (non-hydrogen) atoms. The lowest BCUT2D eigenvalue weighted by Gasteiger charge is -2.20. The number of unbranched alkanes of at least 4 members (excludes halogenated alkanes) is 2. The summed E-state index contributed by atoms with van der Waals surface area (Å²) in [5.74, 6) is 2.15. The highest BCUT2D eigenvalue weighted by molar-refractivity contribution is 5.95. The van der Waals surface area contributed by atoms with Gasteiger partial charge >= 0.3 is 0 Å². The number of ether oxygens (including phenoxy) is 3. The number of nitrogens with zero attached hydrogens (tertiary/aromatic N) is 3. The predicted octanol–water partition coefficient (Wildman–Crippen LogP) is 4.07. The molecule has 0 unspecified atom stereocenters. The number of benzene rings is 2. The number of aryl methyl sites for hydroxylation is 1. The van der Waals surface area contributed by atoms with Crippen molar-refractivity contribution in [3.05, 3.63) is 47.8 Å². The van der Waals surface area contributed by atoms with E-state index in [2.05, 4.69) is 5.32 Å². The summed E-state index contributed by atoms with van der Waals surface area (Å²) in [6, 6.07) is 11.2. The molecule has 9 heteroatoms. The van der Waals surface area contributed by atoms with Crippen LogP contribution in [0, 0.1) is 0 Å². The van der Waals surface area contributed by atoms with Crippen LogP contribution in [-0.2, 0) is 17.8 Å². The Labute approximate surface area is 218 Å². The number of fused-ring (bicyclic) bond motifs is 1. The quantitative estimate of drug-likeness (QED) is 0.329. The van der Waals surface area contributed by atoms with Crippen molar-refractivity contribution >= 4 is 22.8 Å². The van der Waals surface area contributed by atoms with Crippen molar-refractivity contribution in [3.63, 3.8) is 0 Å². The van der Waals surface area contributed by atoms with Gasteiger partial charge in [0.25, 0.3) is 5.91 Å². The zero-order valence-electron chi connectivity index (χ0n) is 22.5. The summed E-state index contributed by atoms with van der Waals surface area (Å²) in [6.45, 7) is 6.22. The molecule has 0 spiro atoms. The van der Waals surface area contributed by atoms with E-state index in [4.69, 9.17) is 19.2 Å². The molecule has 0 fully saturated rings. The fourth-order valence-corrected chi connectivity index (χ4v) is 4.41. The third-order valence-corrected chi connectivity index (χ3v) is 6.43. The van der Waals surface area contributed by atoms with Crippen molar-refractivity contribution in [2.24, 2.45) is 0 Å². The Kier molecular flexibility index (Phi) is 10.2. The maximum atomic E-state index is 12.8. The lowest BCUT2D eigenvalue weighted by atomic mass is 10.1. The molecule has 3 rings (SSSR count). The first-order valence-electron chi connectivity index (χ1n) is 12.8. The molecule has 0 saturated carbocycles. The molecular formula is C28H38N4O5. The van der Waals surface area contributed by atoms with Gasteiger partial charge in [0.15, 0.2) is 11.5 Å². The molecule has 0 bridgehead atoms. The number of para-hydroxylation sites is 2. The largest absolute Gasteiger partial charge is 0.493 e. The van der Waals surface area contributed by atoms with Crippen molar-refractivity contribution in [2.45, 2.75) is 46.1 Å². The van der Waals surface area contributed by atoms with E-state index in [0.717, 1.165) is 42.5 Å². The first kappa shape index (κ1) is 27.8. The Morgan fingerprint density at radius 1 is 0.946 bits per heavy atom. The van der Waals surface area contributed by atoms with E-state index in [-0.39, 0.29) is 11.8 Å². The van der Waals surface area contributed by atoms with E-state index in [9.17, 15) is 9.59 Å². The second-order valence-electron chi connectivity index (χ2n) is 8.65.